The average Bonchev–Trinajstić information content (AvgIpc) is 1.14. The molecule has 0 aliphatic rings. The monoisotopic (exact) mass is 1230 g/mol. The number of ether oxygens (including phenoxy) is 8. The van der Waals surface area contributed by atoms with E-state index in [1.165, 1.54) is 0 Å². The summed E-state index contributed by atoms with van der Waals surface area (Å²) in [7, 11) is 0. The lowest BCUT2D eigenvalue weighted by molar-refractivity contribution is -0.146. The van der Waals surface area contributed by atoms with E-state index in [2.05, 4.69) is 166 Å². The highest BCUT2D eigenvalue weighted by Gasteiger charge is 2.29. The van der Waals surface area contributed by atoms with Crippen LogP contribution in [0.3, 0.4) is 0 Å². The molecule has 5 rings (SSSR count). The van der Waals surface area contributed by atoms with Gasteiger partial charge in [0.2, 0.25) is 0 Å². The van der Waals surface area contributed by atoms with E-state index in [1.807, 2.05) is 30.3 Å². The van der Waals surface area contributed by atoms with Gasteiger partial charge in [-0.3, -0.25) is 9.59 Å². The van der Waals surface area contributed by atoms with Gasteiger partial charge >= 0.3 is 11.9 Å². The number of nitrogens with zero attached hydrogens (tertiary/aromatic N) is 2. The van der Waals surface area contributed by atoms with Gasteiger partial charge in [0.25, 0.3) is 0 Å². The molecule has 0 atom stereocenters. The average molecular weight is 1240 g/mol. The molecule has 16 nitrogen and oxygen atoms in total. The van der Waals surface area contributed by atoms with Crippen LogP contribution in [0.5, 0.6) is 11.5 Å². The van der Waals surface area contributed by atoms with Gasteiger partial charge in [-0.05, 0) is 109 Å². The fraction of sp³-hybridized carbons (Fsp3) is 0.562. The maximum atomic E-state index is 12.9. The number of anilines is 2. The summed E-state index contributed by atoms with van der Waals surface area (Å²) in [6, 6.07) is 35.7. The molecule has 0 spiro atoms. The Kier molecular flexibility index (Phi) is 30.4. The highest BCUT2D eigenvalue weighted by Crippen LogP contribution is 2.42. The molecule has 89 heavy (non-hydrogen) atoms. The molecule has 0 aliphatic carbocycles. The first-order valence-electron chi connectivity index (χ1n) is 31.8. The van der Waals surface area contributed by atoms with Gasteiger partial charge in [-0.1, -0.05) is 162 Å². The van der Waals surface area contributed by atoms with Crippen molar-refractivity contribution >= 4 is 23.3 Å². The predicted molar refractivity (Wildman–Crippen MR) is 353 cm³/mol. The first-order chi connectivity index (χ1) is 42.3. The number of hydrogen-bond acceptors (Lipinski definition) is 16. The summed E-state index contributed by atoms with van der Waals surface area (Å²) < 4.78 is 46.0. The van der Waals surface area contributed by atoms with Crippen molar-refractivity contribution in [3.63, 3.8) is 0 Å². The number of aliphatic hydroxyl groups excluding tert-OH is 2. The second-order valence-electron chi connectivity index (χ2n) is 26.6. The molecule has 0 amide bonds. The van der Waals surface area contributed by atoms with Crippen molar-refractivity contribution in [2.75, 3.05) is 142 Å². The van der Waals surface area contributed by atoms with E-state index < -0.39 is 0 Å². The first-order valence-corrected chi connectivity index (χ1v) is 31.8. The molecule has 0 fully saturated rings. The third kappa shape index (κ3) is 25.3. The minimum Gasteiger partial charge on any atom is -0.507 e. The number of aromatic hydroxyl groups is 2. The lowest BCUT2D eigenvalue weighted by Crippen LogP contribution is -2.31. The number of benzene rings is 5. The minimum atomic E-state index is -0.301. The highest BCUT2D eigenvalue weighted by atomic mass is 16.6. The quantitative estimate of drug-likeness (QED) is 0.0165. The smallest absolute Gasteiger partial charge is 0.306 e. The van der Waals surface area contributed by atoms with E-state index in [-0.39, 0.29) is 105 Å². The maximum Gasteiger partial charge on any atom is 0.306 e. The molecule has 4 N–H and O–H groups in total. The fourth-order valence-electron chi connectivity index (χ4n) is 10.4. The van der Waals surface area contributed by atoms with Crippen molar-refractivity contribution in [2.24, 2.45) is 0 Å². The molecule has 0 unspecified atom stereocenters. The standard InChI is InChI=1S/C73H106N2O14/c1-70(2,3)61-50-54(51-62(68(61)80)71(4,5)6)18-28-65(78)88-48-46-84-38-32-74(30-36-82-42-44-86-40-34-76)59-24-20-57(21-25-59)67(56-16-14-13-15-17-56)58-22-26-60(27-23-58)75(31-37-83-43-45-87-41-35-77)33-39-85-47-49-89-66(79)29-19-55-52-63(72(7,8)9)69(81)64(53-55)73(10,11)12/h13-17,20-27,50-53,67,76-77,80-81H,18-19,28-49H2,1-12H3. The minimum absolute atomic E-state index is 0.0417. The molecule has 0 aliphatic heterocycles. The van der Waals surface area contributed by atoms with Crippen LogP contribution in [0.1, 0.15) is 152 Å². The Morgan fingerprint density at radius 3 is 0.955 bits per heavy atom. The molecule has 5 aromatic rings. The van der Waals surface area contributed by atoms with Gasteiger partial charge in [0.05, 0.1) is 92.5 Å². The number of aryl methyl sites for hydroxylation is 2. The van der Waals surface area contributed by atoms with Crippen LogP contribution < -0.4 is 9.80 Å². The van der Waals surface area contributed by atoms with Gasteiger partial charge in [0.1, 0.15) is 24.7 Å². The first kappa shape index (κ1) is 73.7. The lowest BCUT2D eigenvalue weighted by atomic mass is 9.78. The summed E-state index contributed by atoms with van der Waals surface area (Å²) in [4.78, 5) is 30.3. The Balaban J connectivity index is 1.20. The number of carbonyl (C=O) groups excluding carboxylic acids is 2. The number of rotatable bonds is 39. The third-order valence-electron chi connectivity index (χ3n) is 15.3. The van der Waals surface area contributed by atoms with Crippen molar-refractivity contribution < 1.29 is 67.9 Å². The number of esters is 2. The van der Waals surface area contributed by atoms with Crippen molar-refractivity contribution in [3.8, 4) is 11.5 Å². The van der Waals surface area contributed by atoms with Gasteiger partial charge < -0.3 is 68.1 Å². The summed E-state index contributed by atoms with van der Waals surface area (Å²) >= 11 is 0. The van der Waals surface area contributed by atoms with E-state index in [0.29, 0.717) is 103 Å². The van der Waals surface area contributed by atoms with Crippen LogP contribution in [0.25, 0.3) is 0 Å². The van der Waals surface area contributed by atoms with Crippen molar-refractivity contribution in [2.45, 2.75) is 136 Å². The topological polar surface area (TPSA) is 195 Å². The summed E-state index contributed by atoms with van der Waals surface area (Å²) in [5, 5.41) is 40.5. The van der Waals surface area contributed by atoms with E-state index in [4.69, 9.17) is 48.1 Å². The molecule has 16 heteroatoms. The molecule has 0 saturated heterocycles. The molecule has 0 radical (unpaired) electrons. The van der Waals surface area contributed by atoms with E-state index in [1.54, 1.807) is 0 Å². The zero-order valence-electron chi connectivity index (χ0n) is 55.6. The van der Waals surface area contributed by atoms with Crippen molar-refractivity contribution in [3.05, 3.63) is 153 Å². The zero-order valence-corrected chi connectivity index (χ0v) is 55.6. The van der Waals surface area contributed by atoms with Crippen LogP contribution in [-0.4, -0.2) is 164 Å². The van der Waals surface area contributed by atoms with Crippen molar-refractivity contribution in [1.82, 2.24) is 0 Å². The molecule has 0 heterocycles. The Bertz CT molecular complexity index is 2610. The molecular formula is C73H106N2O14. The Morgan fingerprint density at radius 1 is 0.382 bits per heavy atom. The number of carbonyl (C=O) groups is 2. The van der Waals surface area contributed by atoms with Gasteiger partial charge in [-0.25, -0.2) is 0 Å². The molecule has 492 valence electrons. The van der Waals surface area contributed by atoms with Crippen LogP contribution in [-0.2, 0) is 82.0 Å². The van der Waals surface area contributed by atoms with E-state index in [9.17, 15) is 19.8 Å². The number of phenolic OH excluding ortho intramolecular Hbond substituents is 2. The van der Waals surface area contributed by atoms with Crippen molar-refractivity contribution in [1.29, 1.82) is 0 Å². The van der Waals surface area contributed by atoms with Crippen LogP contribution in [0, 0.1) is 0 Å². The SMILES string of the molecule is CC(C)(C)c1cc(CCC(=O)OCCOCCN(CCOCCOCCO)c2ccc(C(c3ccccc3)c3ccc(N(CCOCCOCCO)CCOCCOC(=O)CCc4cc(C(C)(C)C)c(O)c(C(C)(C)C)c4)cc3)cc2)cc(C(C)(C)C)c1O. The van der Waals surface area contributed by atoms with E-state index >= 15 is 0 Å². The Hall–Kier alpha value is -6.08. The molecule has 0 saturated carbocycles. The largest absolute Gasteiger partial charge is 0.507 e. The summed E-state index contributed by atoms with van der Waals surface area (Å²) in [5.74, 6) is -0.0417. The van der Waals surface area contributed by atoms with Gasteiger partial charge in [0.15, 0.2) is 0 Å². The highest BCUT2D eigenvalue weighted by molar-refractivity contribution is 5.70. The third-order valence-corrected chi connectivity index (χ3v) is 15.3. The van der Waals surface area contributed by atoms with Crippen LogP contribution in [0.2, 0.25) is 0 Å². The summed E-state index contributed by atoms with van der Waals surface area (Å²) in [6.07, 6.45) is 1.43. The number of hydrogen-bond donors (Lipinski definition) is 4. The van der Waals surface area contributed by atoms with Gasteiger partial charge in [-0.2, -0.15) is 0 Å². The van der Waals surface area contributed by atoms with Crippen LogP contribution in [0.15, 0.2) is 103 Å². The normalized spacial score (nSPS) is 12.2. The maximum absolute atomic E-state index is 12.9. The summed E-state index contributed by atoms with van der Waals surface area (Å²) in [6.45, 7) is 31.7. The van der Waals surface area contributed by atoms with Crippen LogP contribution in [0.4, 0.5) is 11.4 Å². The molecule has 0 aromatic heterocycles. The van der Waals surface area contributed by atoms with Crippen LogP contribution >= 0.6 is 0 Å². The second kappa shape index (κ2) is 36.7. The second-order valence-corrected chi connectivity index (χ2v) is 26.6. The zero-order chi connectivity index (χ0) is 65.0. The summed E-state index contributed by atoms with van der Waals surface area (Å²) in [5.41, 5.74) is 9.77. The number of aliphatic hydroxyl groups is 2. The Morgan fingerprint density at radius 2 is 0.663 bits per heavy atom. The molecule has 0 bridgehead atoms. The lowest BCUT2D eigenvalue weighted by Gasteiger charge is -2.28. The van der Waals surface area contributed by atoms with Gasteiger partial charge in [0, 0.05) is 56.3 Å². The van der Waals surface area contributed by atoms with Gasteiger partial charge in [-0.15, -0.1) is 0 Å². The number of phenols is 2. The molecular weight excluding hydrogens is 1130 g/mol. The molecule has 5 aromatic carbocycles. The predicted octanol–water partition coefficient (Wildman–Crippen LogP) is 11.5. The Labute approximate surface area is 531 Å². The fourth-order valence-corrected chi connectivity index (χ4v) is 10.4. The van der Waals surface area contributed by atoms with E-state index in [0.717, 1.165) is 61.4 Å².